The third-order valence-corrected chi connectivity index (χ3v) is 2.89. The monoisotopic (exact) mass is 287 g/mol. The van der Waals surface area contributed by atoms with E-state index in [1.165, 1.54) is 7.11 Å². The lowest BCUT2D eigenvalue weighted by atomic mass is 10.2. The number of nitrogens with one attached hydrogen (secondary N) is 1. The zero-order valence-electron chi connectivity index (χ0n) is 11.3. The Kier molecular flexibility index (Phi) is 6.29. The molecule has 0 spiro atoms. The molecule has 106 valence electrons. The minimum atomic E-state index is -0.445. The van der Waals surface area contributed by atoms with Crippen molar-refractivity contribution in [2.24, 2.45) is 0 Å². The average molecular weight is 288 g/mol. The molecule has 6 heteroatoms. The van der Waals surface area contributed by atoms with Crippen LogP contribution >= 0.6 is 11.6 Å². The van der Waals surface area contributed by atoms with Gasteiger partial charge in [-0.15, -0.1) is 0 Å². The topological polar surface area (TPSA) is 56.8 Å². The van der Waals surface area contributed by atoms with Gasteiger partial charge in [0.2, 0.25) is 0 Å². The largest absolute Gasteiger partial charge is 0.493 e. The Morgan fingerprint density at radius 3 is 2.68 bits per heavy atom. The molecule has 0 radical (unpaired) electrons. The lowest BCUT2D eigenvalue weighted by molar-refractivity contribution is 0.170. The van der Waals surface area contributed by atoms with Crippen molar-refractivity contribution < 1.29 is 19.0 Å². The van der Waals surface area contributed by atoms with Crippen LogP contribution < -0.4 is 14.8 Å². The fourth-order valence-electron chi connectivity index (χ4n) is 1.43. The van der Waals surface area contributed by atoms with Crippen LogP contribution in [0.1, 0.15) is 12.0 Å². The number of amides is 1. The Morgan fingerprint density at radius 1 is 1.32 bits per heavy atom. The van der Waals surface area contributed by atoms with Crippen LogP contribution in [0.15, 0.2) is 12.1 Å². The van der Waals surface area contributed by atoms with Gasteiger partial charge in [0, 0.05) is 17.6 Å². The van der Waals surface area contributed by atoms with Crippen LogP contribution in [-0.4, -0.2) is 33.5 Å². The van der Waals surface area contributed by atoms with Gasteiger partial charge in [-0.05, 0) is 25.0 Å². The van der Waals surface area contributed by atoms with Crippen LogP contribution in [0.2, 0.25) is 5.02 Å². The number of methoxy groups -OCH3 is 2. The third kappa shape index (κ3) is 4.87. The average Bonchev–Trinajstić information content (AvgIpc) is 2.41. The molecule has 0 heterocycles. The highest BCUT2D eigenvalue weighted by molar-refractivity contribution is 6.31. The molecule has 0 fully saturated rings. The maximum atomic E-state index is 10.8. The molecule has 0 aliphatic rings. The molecule has 0 atom stereocenters. The molecule has 1 amide bonds. The summed E-state index contributed by atoms with van der Waals surface area (Å²) in [6.45, 7) is 2.84. The molecular weight excluding hydrogens is 270 g/mol. The van der Waals surface area contributed by atoms with Crippen molar-refractivity contribution in [1.82, 2.24) is 5.32 Å². The quantitative estimate of drug-likeness (QED) is 0.818. The van der Waals surface area contributed by atoms with E-state index < -0.39 is 6.09 Å². The van der Waals surface area contributed by atoms with Crippen molar-refractivity contribution in [2.45, 2.75) is 13.3 Å². The molecule has 0 aliphatic carbocycles. The van der Waals surface area contributed by atoms with Gasteiger partial charge in [0.15, 0.2) is 11.5 Å². The highest BCUT2D eigenvalue weighted by Gasteiger charge is 2.08. The van der Waals surface area contributed by atoms with Gasteiger partial charge in [0.25, 0.3) is 0 Å². The standard InChI is InChI=1S/C13H18ClNO4/c1-9-7-12(11(17-2)8-10(9)14)19-6-4-5-15-13(16)18-3/h7-8H,4-6H2,1-3H3,(H,15,16). The smallest absolute Gasteiger partial charge is 0.406 e. The van der Waals surface area contributed by atoms with Gasteiger partial charge < -0.3 is 19.5 Å². The number of hydrogen-bond acceptors (Lipinski definition) is 4. The lowest BCUT2D eigenvalue weighted by Crippen LogP contribution is -2.25. The van der Waals surface area contributed by atoms with Gasteiger partial charge in [-0.25, -0.2) is 4.79 Å². The van der Waals surface area contributed by atoms with Crippen LogP contribution in [0.5, 0.6) is 11.5 Å². The second-order valence-corrected chi connectivity index (χ2v) is 4.28. The van der Waals surface area contributed by atoms with E-state index in [9.17, 15) is 4.79 Å². The predicted octanol–water partition coefficient (Wildman–Crippen LogP) is 2.78. The normalized spacial score (nSPS) is 9.89. The Morgan fingerprint density at radius 2 is 2.05 bits per heavy atom. The van der Waals surface area contributed by atoms with Crippen LogP contribution in [0, 0.1) is 6.92 Å². The number of aryl methyl sites for hydroxylation is 1. The summed E-state index contributed by atoms with van der Waals surface area (Å²) in [6.07, 6.45) is 0.222. The molecule has 0 saturated carbocycles. The van der Waals surface area contributed by atoms with Crippen molar-refractivity contribution in [2.75, 3.05) is 27.4 Å². The number of alkyl carbamates (subject to hydrolysis) is 1. The van der Waals surface area contributed by atoms with Crippen LogP contribution in [0.3, 0.4) is 0 Å². The maximum absolute atomic E-state index is 10.8. The van der Waals surface area contributed by atoms with Gasteiger partial charge >= 0.3 is 6.09 Å². The molecule has 1 N–H and O–H groups in total. The summed E-state index contributed by atoms with van der Waals surface area (Å²) in [4.78, 5) is 10.8. The Labute approximate surface area is 117 Å². The van der Waals surface area contributed by atoms with E-state index in [1.54, 1.807) is 13.2 Å². The summed E-state index contributed by atoms with van der Waals surface area (Å²) in [5.41, 5.74) is 0.921. The summed E-state index contributed by atoms with van der Waals surface area (Å²) < 4.78 is 15.3. The molecule has 0 bridgehead atoms. The van der Waals surface area contributed by atoms with Gasteiger partial charge in [-0.3, -0.25) is 0 Å². The lowest BCUT2D eigenvalue weighted by Gasteiger charge is -2.12. The third-order valence-electron chi connectivity index (χ3n) is 2.48. The Balaban J connectivity index is 2.44. The molecule has 5 nitrogen and oxygen atoms in total. The number of rotatable bonds is 6. The van der Waals surface area contributed by atoms with E-state index in [1.807, 2.05) is 13.0 Å². The summed E-state index contributed by atoms with van der Waals surface area (Å²) >= 11 is 6.00. The molecule has 0 saturated heterocycles. The first-order valence-corrected chi connectivity index (χ1v) is 6.25. The minimum absolute atomic E-state index is 0.445. The van der Waals surface area contributed by atoms with Gasteiger partial charge in [-0.2, -0.15) is 0 Å². The second kappa shape index (κ2) is 7.74. The molecule has 0 aliphatic heterocycles. The first-order chi connectivity index (χ1) is 9.08. The van der Waals surface area contributed by atoms with Crippen molar-refractivity contribution >= 4 is 17.7 Å². The molecular formula is C13H18ClNO4. The number of halogens is 1. The zero-order valence-corrected chi connectivity index (χ0v) is 12.0. The van der Waals surface area contributed by atoms with Crippen molar-refractivity contribution in [3.8, 4) is 11.5 Å². The summed E-state index contributed by atoms with van der Waals surface area (Å²) in [5.74, 6) is 1.24. The molecule has 1 aromatic carbocycles. The van der Waals surface area contributed by atoms with Gasteiger partial charge in [-0.1, -0.05) is 11.6 Å². The molecule has 1 aromatic rings. The van der Waals surface area contributed by atoms with E-state index >= 15 is 0 Å². The summed E-state index contributed by atoms with van der Waals surface area (Å²) in [5, 5.41) is 3.21. The first kappa shape index (κ1) is 15.4. The maximum Gasteiger partial charge on any atom is 0.406 e. The highest BCUT2D eigenvalue weighted by atomic mass is 35.5. The Hall–Kier alpha value is -1.62. The van der Waals surface area contributed by atoms with E-state index in [0.717, 1.165) is 5.56 Å². The predicted molar refractivity (Wildman–Crippen MR) is 73.3 cm³/mol. The number of hydrogen-bond donors (Lipinski definition) is 1. The van der Waals surface area contributed by atoms with E-state index in [4.69, 9.17) is 21.1 Å². The summed E-state index contributed by atoms with van der Waals surface area (Å²) in [7, 11) is 2.89. The van der Waals surface area contributed by atoms with Crippen LogP contribution in [-0.2, 0) is 4.74 Å². The SMILES string of the molecule is COC(=O)NCCCOc1cc(C)c(Cl)cc1OC. The molecule has 1 rings (SSSR count). The van der Waals surface area contributed by atoms with Crippen molar-refractivity contribution in [3.63, 3.8) is 0 Å². The molecule has 0 aromatic heterocycles. The van der Waals surface area contributed by atoms with Crippen LogP contribution in [0.25, 0.3) is 0 Å². The van der Waals surface area contributed by atoms with Crippen molar-refractivity contribution in [1.29, 1.82) is 0 Å². The van der Waals surface area contributed by atoms with E-state index in [2.05, 4.69) is 10.1 Å². The fraction of sp³-hybridized carbons (Fsp3) is 0.462. The molecule has 19 heavy (non-hydrogen) atoms. The Bertz CT molecular complexity index is 437. The number of ether oxygens (including phenoxy) is 3. The fourth-order valence-corrected chi connectivity index (χ4v) is 1.58. The van der Waals surface area contributed by atoms with Crippen molar-refractivity contribution in [3.05, 3.63) is 22.7 Å². The van der Waals surface area contributed by atoms with Gasteiger partial charge in [0.1, 0.15) is 0 Å². The van der Waals surface area contributed by atoms with E-state index in [-0.39, 0.29) is 0 Å². The summed E-state index contributed by atoms with van der Waals surface area (Å²) in [6, 6.07) is 3.55. The second-order valence-electron chi connectivity index (χ2n) is 3.87. The number of carbonyl (C=O) groups is 1. The zero-order chi connectivity index (χ0) is 14.3. The highest BCUT2D eigenvalue weighted by Crippen LogP contribution is 2.32. The molecule has 0 unspecified atom stereocenters. The van der Waals surface area contributed by atoms with E-state index in [0.29, 0.717) is 36.1 Å². The van der Waals surface area contributed by atoms with Crippen LogP contribution in [0.4, 0.5) is 4.79 Å². The number of carbonyl (C=O) groups excluding carboxylic acids is 1. The first-order valence-electron chi connectivity index (χ1n) is 5.87. The number of benzene rings is 1. The van der Waals surface area contributed by atoms with Gasteiger partial charge in [0.05, 0.1) is 20.8 Å². The minimum Gasteiger partial charge on any atom is -0.493 e.